The van der Waals surface area contributed by atoms with Crippen LogP contribution in [0.4, 0.5) is 4.79 Å². The third-order valence-electron chi connectivity index (χ3n) is 3.65. The highest BCUT2D eigenvalue weighted by molar-refractivity contribution is 5.84. The molecule has 0 radical (unpaired) electrons. The molecule has 3 N–H and O–H groups in total. The number of nitrogens with one attached hydrogen (secondary N) is 2. The Balaban J connectivity index is 2.37. The number of rotatable bonds is 6. The fraction of sp³-hybridized carbons (Fsp3) is 0.786. The molecule has 0 bridgehead atoms. The van der Waals surface area contributed by atoms with Gasteiger partial charge in [-0.2, -0.15) is 0 Å². The van der Waals surface area contributed by atoms with Crippen molar-refractivity contribution in [1.29, 1.82) is 0 Å². The van der Waals surface area contributed by atoms with Crippen molar-refractivity contribution in [1.82, 2.24) is 15.5 Å². The molecular weight excluding hydrogens is 274 g/mol. The number of hydrogen-bond donors (Lipinski definition) is 3. The lowest BCUT2D eigenvalue weighted by Crippen LogP contribution is -2.48. The van der Waals surface area contributed by atoms with Gasteiger partial charge in [-0.1, -0.05) is 13.3 Å². The summed E-state index contributed by atoms with van der Waals surface area (Å²) in [6, 6.07) is -0.466. The number of aliphatic carboxylic acids is 1. The Morgan fingerprint density at radius 2 is 2.00 bits per heavy atom. The second-order valence-corrected chi connectivity index (χ2v) is 5.55. The van der Waals surface area contributed by atoms with Crippen LogP contribution in [0.1, 0.15) is 39.0 Å². The van der Waals surface area contributed by atoms with Crippen LogP contribution >= 0.6 is 0 Å². The van der Waals surface area contributed by atoms with E-state index in [0.29, 0.717) is 19.4 Å². The summed E-state index contributed by atoms with van der Waals surface area (Å²) in [6.07, 6.45) is 3.54. The molecule has 0 aromatic heterocycles. The number of likely N-dealkylation sites (N-methyl/N-ethyl adjacent to an activating group) is 1. The van der Waals surface area contributed by atoms with Crippen molar-refractivity contribution in [2.75, 3.05) is 20.1 Å². The second-order valence-electron chi connectivity index (χ2n) is 5.55. The number of nitrogens with zero attached hydrogens (tertiary/aromatic N) is 1. The molecule has 1 aliphatic carbocycles. The smallest absolute Gasteiger partial charge is 0.317 e. The summed E-state index contributed by atoms with van der Waals surface area (Å²) < 4.78 is 0. The molecule has 0 aromatic rings. The molecule has 1 aliphatic rings. The largest absolute Gasteiger partial charge is 0.481 e. The van der Waals surface area contributed by atoms with Crippen LogP contribution in [0.3, 0.4) is 0 Å². The predicted molar refractivity (Wildman–Crippen MR) is 77.8 cm³/mol. The Morgan fingerprint density at radius 1 is 1.29 bits per heavy atom. The zero-order valence-electron chi connectivity index (χ0n) is 12.7. The molecule has 3 amide bonds. The van der Waals surface area contributed by atoms with Crippen LogP contribution in [-0.4, -0.2) is 54.1 Å². The first-order chi connectivity index (χ1) is 9.93. The maximum atomic E-state index is 12.0. The van der Waals surface area contributed by atoms with Gasteiger partial charge in [0.1, 0.15) is 6.54 Å². The molecule has 21 heavy (non-hydrogen) atoms. The van der Waals surface area contributed by atoms with Crippen LogP contribution in [0.25, 0.3) is 0 Å². The quantitative estimate of drug-likeness (QED) is 0.675. The molecule has 2 atom stereocenters. The highest BCUT2D eigenvalue weighted by Crippen LogP contribution is 2.24. The van der Waals surface area contributed by atoms with Gasteiger partial charge in [-0.25, -0.2) is 4.79 Å². The third-order valence-corrected chi connectivity index (χ3v) is 3.65. The average molecular weight is 299 g/mol. The number of amides is 3. The lowest BCUT2D eigenvalue weighted by molar-refractivity contribution is -0.143. The van der Waals surface area contributed by atoms with Gasteiger partial charge in [0.15, 0.2) is 0 Å². The summed E-state index contributed by atoms with van der Waals surface area (Å²) in [5, 5.41) is 14.5. The van der Waals surface area contributed by atoms with E-state index in [1.54, 1.807) is 7.05 Å². The van der Waals surface area contributed by atoms with E-state index in [1.807, 2.05) is 6.92 Å². The predicted octanol–water partition coefficient (Wildman–Crippen LogP) is 0.797. The summed E-state index contributed by atoms with van der Waals surface area (Å²) in [4.78, 5) is 35.8. The minimum atomic E-state index is -0.804. The number of carboxylic acids is 1. The van der Waals surface area contributed by atoms with Gasteiger partial charge in [-0.05, 0) is 25.7 Å². The van der Waals surface area contributed by atoms with E-state index in [9.17, 15) is 14.4 Å². The van der Waals surface area contributed by atoms with Crippen LogP contribution in [0.15, 0.2) is 0 Å². The maximum Gasteiger partial charge on any atom is 0.317 e. The summed E-state index contributed by atoms with van der Waals surface area (Å²) in [7, 11) is 1.55. The van der Waals surface area contributed by atoms with Gasteiger partial charge < -0.3 is 20.6 Å². The van der Waals surface area contributed by atoms with E-state index in [-0.39, 0.29) is 30.4 Å². The summed E-state index contributed by atoms with van der Waals surface area (Å²) in [5.41, 5.74) is 0. The fourth-order valence-corrected chi connectivity index (χ4v) is 2.44. The molecule has 120 valence electrons. The first kappa shape index (κ1) is 17.3. The second kappa shape index (κ2) is 8.49. The lowest BCUT2D eigenvalue weighted by Gasteiger charge is -2.29. The van der Waals surface area contributed by atoms with E-state index >= 15 is 0 Å². The molecular formula is C14H25N3O4. The standard InChI is InChI=1S/C14H25N3O4/c1-3-7-15-12(18)9-17(2)14(21)16-11-6-4-5-10(8-11)13(19)20/h10-11H,3-9H2,1-2H3,(H,15,18)(H,16,21)(H,19,20). The van der Waals surface area contributed by atoms with Crippen molar-refractivity contribution in [3.63, 3.8) is 0 Å². The van der Waals surface area contributed by atoms with E-state index < -0.39 is 5.97 Å². The SMILES string of the molecule is CCCNC(=O)CN(C)C(=O)NC1CCCC(C(=O)O)C1. The molecule has 0 aliphatic heterocycles. The molecule has 7 heteroatoms. The number of hydrogen-bond acceptors (Lipinski definition) is 3. The molecule has 1 saturated carbocycles. The Bertz CT molecular complexity index is 386. The Hall–Kier alpha value is -1.79. The lowest BCUT2D eigenvalue weighted by atomic mass is 9.86. The van der Waals surface area contributed by atoms with Crippen LogP contribution in [0.5, 0.6) is 0 Å². The molecule has 7 nitrogen and oxygen atoms in total. The topological polar surface area (TPSA) is 98.7 Å². The van der Waals surface area contributed by atoms with Crippen molar-refractivity contribution in [2.24, 2.45) is 5.92 Å². The molecule has 0 heterocycles. The zero-order valence-corrected chi connectivity index (χ0v) is 12.7. The molecule has 2 unspecified atom stereocenters. The highest BCUT2D eigenvalue weighted by atomic mass is 16.4. The van der Waals surface area contributed by atoms with Crippen LogP contribution in [0, 0.1) is 5.92 Å². The number of carboxylic acid groups (broad SMARTS) is 1. The average Bonchev–Trinajstić information content (AvgIpc) is 2.45. The van der Waals surface area contributed by atoms with Gasteiger partial charge >= 0.3 is 12.0 Å². The van der Waals surface area contributed by atoms with E-state index in [2.05, 4.69) is 10.6 Å². The maximum absolute atomic E-state index is 12.0. The van der Waals surface area contributed by atoms with Crippen molar-refractivity contribution in [3.8, 4) is 0 Å². The van der Waals surface area contributed by atoms with Crippen LogP contribution in [-0.2, 0) is 9.59 Å². The monoisotopic (exact) mass is 299 g/mol. The first-order valence-corrected chi connectivity index (χ1v) is 7.45. The van der Waals surface area contributed by atoms with Gasteiger partial charge in [0.05, 0.1) is 5.92 Å². The highest BCUT2D eigenvalue weighted by Gasteiger charge is 2.28. The molecule has 0 saturated heterocycles. The summed E-state index contributed by atoms with van der Waals surface area (Å²) in [6.45, 7) is 2.55. The van der Waals surface area contributed by atoms with Gasteiger partial charge in [-0.15, -0.1) is 0 Å². The van der Waals surface area contributed by atoms with Gasteiger partial charge in [0.2, 0.25) is 5.91 Å². The van der Waals surface area contributed by atoms with E-state index in [1.165, 1.54) is 4.90 Å². The summed E-state index contributed by atoms with van der Waals surface area (Å²) in [5.74, 6) is -1.38. The summed E-state index contributed by atoms with van der Waals surface area (Å²) >= 11 is 0. The third kappa shape index (κ3) is 6.01. The van der Waals surface area contributed by atoms with Gasteiger partial charge in [0.25, 0.3) is 0 Å². The Morgan fingerprint density at radius 3 is 2.62 bits per heavy atom. The van der Waals surface area contributed by atoms with Crippen LogP contribution in [0.2, 0.25) is 0 Å². The van der Waals surface area contributed by atoms with Crippen molar-refractivity contribution in [2.45, 2.75) is 45.1 Å². The minimum Gasteiger partial charge on any atom is -0.481 e. The van der Waals surface area contributed by atoms with Crippen molar-refractivity contribution < 1.29 is 19.5 Å². The van der Waals surface area contributed by atoms with Gasteiger partial charge in [0, 0.05) is 19.6 Å². The minimum absolute atomic E-state index is 0.000905. The zero-order chi connectivity index (χ0) is 15.8. The van der Waals surface area contributed by atoms with Crippen molar-refractivity contribution >= 4 is 17.9 Å². The fourth-order valence-electron chi connectivity index (χ4n) is 2.44. The Labute approximate surface area is 125 Å². The van der Waals surface area contributed by atoms with Gasteiger partial charge in [-0.3, -0.25) is 9.59 Å². The van der Waals surface area contributed by atoms with Crippen molar-refractivity contribution in [3.05, 3.63) is 0 Å². The number of carbonyl (C=O) groups excluding carboxylic acids is 2. The van der Waals surface area contributed by atoms with E-state index in [4.69, 9.17) is 5.11 Å². The normalized spacial score (nSPS) is 21.4. The number of carbonyl (C=O) groups is 3. The molecule has 1 rings (SSSR count). The van der Waals surface area contributed by atoms with E-state index in [0.717, 1.165) is 19.3 Å². The Kier molecular flexibility index (Phi) is 6.98. The first-order valence-electron chi connectivity index (χ1n) is 7.45. The van der Waals surface area contributed by atoms with Crippen LogP contribution < -0.4 is 10.6 Å². The molecule has 0 aromatic carbocycles. The number of urea groups is 1. The molecule has 1 fully saturated rings. The molecule has 0 spiro atoms.